The molecule has 1 atom stereocenters. The number of methoxy groups -OCH3 is 2. The molecular weight excluding hydrogens is 530 g/mol. The van der Waals surface area contributed by atoms with E-state index in [1.807, 2.05) is 25.1 Å². The molecule has 42 heavy (non-hydrogen) atoms. The third-order valence-electron chi connectivity index (χ3n) is 7.19. The Morgan fingerprint density at radius 3 is 2.52 bits per heavy atom. The molecule has 0 aliphatic heterocycles. The molecule has 3 aromatic rings. The van der Waals surface area contributed by atoms with E-state index in [-0.39, 0.29) is 17.7 Å². The molecule has 0 spiro atoms. The minimum Gasteiger partial charge on any atom is -0.496 e. The van der Waals surface area contributed by atoms with Crippen LogP contribution in [0.25, 0.3) is 10.9 Å². The van der Waals surface area contributed by atoms with Crippen LogP contribution in [0.4, 0.5) is 5.69 Å². The molecule has 10 heteroatoms. The molecule has 1 unspecified atom stereocenters. The summed E-state index contributed by atoms with van der Waals surface area (Å²) in [6.07, 6.45) is 2.96. The first-order valence-corrected chi connectivity index (χ1v) is 14.1. The van der Waals surface area contributed by atoms with E-state index in [2.05, 4.69) is 39.8 Å². The predicted molar refractivity (Wildman–Crippen MR) is 171 cm³/mol. The molecular formula is C32H44N7O3+. The minimum absolute atomic E-state index is 0.142. The van der Waals surface area contributed by atoms with Gasteiger partial charge in [0.05, 0.1) is 37.7 Å². The summed E-state index contributed by atoms with van der Waals surface area (Å²) in [5.41, 5.74) is 15.0. The normalized spacial score (nSPS) is 12.9. The molecule has 0 saturated heterocycles. The number of hydrogen-bond acceptors (Lipinski definition) is 6. The highest BCUT2D eigenvalue weighted by molar-refractivity contribution is 6.29. The monoisotopic (exact) mass is 574 g/mol. The van der Waals surface area contributed by atoms with Crippen LogP contribution in [-0.2, 0) is 0 Å². The van der Waals surface area contributed by atoms with Gasteiger partial charge in [0, 0.05) is 48.1 Å². The summed E-state index contributed by atoms with van der Waals surface area (Å²) in [7, 11) is 4.80. The van der Waals surface area contributed by atoms with Crippen LogP contribution in [0.3, 0.4) is 0 Å². The number of carbonyl (C=O) groups excluding carboxylic acids is 1. The molecule has 0 saturated carbocycles. The maximum Gasteiger partial charge on any atom is 0.272 e. The number of aromatic nitrogens is 1. The van der Waals surface area contributed by atoms with Crippen molar-refractivity contribution in [1.29, 1.82) is 5.41 Å². The molecule has 0 fully saturated rings. The lowest BCUT2D eigenvalue weighted by Crippen LogP contribution is -2.53. The number of amides is 1. The Morgan fingerprint density at radius 2 is 1.90 bits per heavy atom. The van der Waals surface area contributed by atoms with Crippen LogP contribution in [0.2, 0.25) is 0 Å². The number of hydrogen-bond donors (Lipinski definition) is 6. The zero-order valence-electron chi connectivity index (χ0n) is 25.3. The first-order chi connectivity index (χ1) is 20.2. The van der Waals surface area contributed by atoms with Crippen molar-refractivity contribution in [2.45, 2.75) is 45.6 Å². The number of nitrogens with two attached hydrogens (primary N) is 1. The first-order valence-electron chi connectivity index (χ1n) is 14.1. The fraction of sp³-hybridized carbons (Fsp3) is 0.344. The number of benzene rings is 2. The molecule has 0 aliphatic carbocycles. The molecule has 3 rings (SSSR count). The second-order valence-corrected chi connectivity index (χ2v) is 9.99. The van der Waals surface area contributed by atoms with Crippen LogP contribution in [-0.4, -0.2) is 56.3 Å². The molecule has 9 N–H and O–H groups in total. The van der Waals surface area contributed by atoms with E-state index in [0.29, 0.717) is 52.0 Å². The number of amidine groups is 1. The second kappa shape index (κ2) is 14.9. The molecule has 1 amide bonds. The topological polar surface area (TPSA) is 165 Å². The smallest absolute Gasteiger partial charge is 0.272 e. The number of carbonyl (C=O) groups is 1. The first kappa shape index (κ1) is 32.0. The number of nitrogens with one attached hydrogen (secondary N) is 4. The Bertz CT molecular complexity index is 1500. The van der Waals surface area contributed by atoms with E-state index in [4.69, 9.17) is 15.2 Å². The second-order valence-electron chi connectivity index (χ2n) is 9.99. The van der Waals surface area contributed by atoms with Crippen molar-refractivity contribution < 1.29 is 20.0 Å². The van der Waals surface area contributed by atoms with E-state index in [1.54, 1.807) is 38.4 Å². The highest BCUT2D eigenvalue weighted by atomic mass is 16.5. The van der Waals surface area contributed by atoms with Crippen LogP contribution in [0.15, 0.2) is 70.9 Å². The Kier molecular flexibility index (Phi) is 11.3. The average Bonchev–Trinajstić information content (AvgIpc) is 3.45. The number of aromatic amines is 1. The summed E-state index contributed by atoms with van der Waals surface area (Å²) in [5.74, 6) is 1.29. The minimum atomic E-state index is -0.335. The van der Waals surface area contributed by atoms with Gasteiger partial charge in [0.15, 0.2) is 0 Å². The molecule has 1 heterocycles. The van der Waals surface area contributed by atoms with Crippen molar-refractivity contribution >= 4 is 34.0 Å². The van der Waals surface area contributed by atoms with Crippen molar-refractivity contribution in [2.75, 3.05) is 33.1 Å². The summed E-state index contributed by atoms with van der Waals surface area (Å²) in [6, 6.07) is 12.7. The zero-order valence-corrected chi connectivity index (χ0v) is 25.3. The Balaban J connectivity index is 1.96. The van der Waals surface area contributed by atoms with Crippen LogP contribution in [0.1, 0.15) is 55.6 Å². The third-order valence-corrected chi connectivity index (χ3v) is 7.19. The standard InChI is InChI=1S/C32H43N7O3/c1-7-19(3)16-23(34)29(31(36-4)37-21(8-2)14-15-33)30(35)20-12-13-25(28(17-20)42-6)39-32(40)26-18-22-24(38-26)10-9-11-27(22)41-5/h9-13,17-18,21,35,38H,3,7-8,14-16,33-34H2,1-2,4-6H3,(H,36,37)(H,39,40)/p+1/b29-23+,35-30?. The summed E-state index contributed by atoms with van der Waals surface area (Å²) in [4.78, 5) is 20.8. The lowest BCUT2D eigenvalue weighted by molar-refractivity contribution is -0.369. The Hall–Kier alpha value is -4.57. The number of quaternary nitrogens is 1. The molecule has 2 aromatic carbocycles. The van der Waals surface area contributed by atoms with Gasteiger partial charge in [0.1, 0.15) is 23.0 Å². The fourth-order valence-electron chi connectivity index (χ4n) is 4.69. The van der Waals surface area contributed by atoms with E-state index in [0.717, 1.165) is 42.3 Å². The SMILES string of the molecule is C=C(CC)C/C(N)=C(/C(=N)c1ccc(NC(=O)c2cc3c(OC)cccc3[nH]2)c(OC)c1)C(=NC)NC(CC)CC[NH3+]. The van der Waals surface area contributed by atoms with Gasteiger partial charge in [0.2, 0.25) is 0 Å². The van der Waals surface area contributed by atoms with E-state index in [1.165, 1.54) is 7.11 Å². The number of allylic oxidation sites excluding steroid dienone is 1. The van der Waals surface area contributed by atoms with Crippen molar-refractivity contribution in [3.8, 4) is 11.5 Å². The van der Waals surface area contributed by atoms with Crippen molar-refractivity contribution in [2.24, 2.45) is 10.7 Å². The van der Waals surface area contributed by atoms with Crippen molar-refractivity contribution in [3.63, 3.8) is 0 Å². The summed E-state index contributed by atoms with van der Waals surface area (Å²) >= 11 is 0. The molecule has 0 aliphatic rings. The number of nitrogens with zero attached hydrogens (tertiary/aromatic N) is 1. The third kappa shape index (κ3) is 7.38. The van der Waals surface area contributed by atoms with Gasteiger partial charge >= 0.3 is 0 Å². The van der Waals surface area contributed by atoms with Gasteiger partial charge in [-0.15, -0.1) is 0 Å². The number of aliphatic imine (C=N–C) groups is 1. The molecule has 224 valence electrons. The van der Waals surface area contributed by atoms with Gasteiger partial charge in [-0.2, -0.15) is 0 Å². The number of fused-ring (bicyclic) bond motifs is 1. The highest BCUT2D eigenvalue weighted by Gasteiger charge is 2.22. The largest absolute Gasteiger partial charge is 0.496 e. The maximum absolute atomic E-state index is 13.2. The van der Waals surface area contributed by atoms with Gasteiger partial charge < -0.3 is 36.6 Å². The van der Waals surface area contributed by atoms with E-state index >= 15 is 0 Å². The van der Waals surface area contributed by atoms with Crippen LogP contribution < -0.4 is 31.6 Å². The van der Waals surface area contributed by atoms with Gasteiger partial charge in [0.25, 0.3) is 5.91 Å². The molecule has 10 nitrogen and oxygen atoms in total. The summed E-state index contributed by atoms with van der Waals surface area (Å²) in [5, 5.41) is 16.4. The average molecular weight is 575 g/mol. The quantitative estimate of drug-likeness (QED) is 0.0952. The van der Waals surface area contributed by atoms with Crippen LogP contribution in [0.5, 0.6) is 11.5 Å². The molecule has 0 radical (unpaired) electrons. The van der Waals surface area contributed by atoms with Gasteiger partial charge in [-0.25, -0.2) is 0 Å². The zero-order chi connectivity index (χ0) is 30.8. The van der Waals surface area contributed by atoms with Gasteiger partial charge in [-0.3, -0.25) is 15.2 Å². The number of ether oxygens (including phenoxy) is 2. The lowest BCUT2D eigenvalue weighted by Gasteiger charge is -2.23. The Labute approximate surface area is 247 Å². The number of rotatable bonds is 14. The molecule has 1 aromatic heterocycles. The van der Waals surface area contributed by atoms with Gasteiger partial charge in [-0.05, 0) is 43.2 Å². The lowest BCUT2D eigenvalue weighted by atomic mass is 9.95. The van der Waals surface area contributed by atoms with E-state index < -0.39 is 0 Å². The molecule has 0 bridgehead atoms. The van der Waals surface area contributed by atoms with Gasteiger partial charge in [-0.1, -0.05) is 38.1 Å². The summed E-state index contributed by atoms with van der Waals surface area (Å²) < 4.78 is 11.0. The predicted octanol–water partition coefficient (Wildman–Crippen LogP) is 4.40. The maximum atomic E-state index is 13.2. The Morgan fingerprint density at radius 1 is 1.17 bits per heavy atom. The van der Waals surface area contributed by atoms with E-state index in [9.17, 15) is 10.2 Å². The summed E-state index contributed by atoms with van der Waals surface area (Å²) in [6.45, 7) is 9.01. The number of anilines is 1. The van der Waals surface area contributed by atoms with Crippen molar-refractivity contribution in [3.05, 3.63) is 77.1 Å². The highest BCUT2D eigenvalue weighted by Crippen LogP contribution is 2.30. The van der Waals surface area contributed by atoms with Crippen LogP contribution in [0, 0.1) is 5.41 Å². The van der Waals surface area contributed by atoms with Crippen LogP contribution >= 0.6 is 0 Å². The number of H-pyrrole nitrogens is 1. The van der Waals surface area contributed by atoms with Crippen molar-refractivity contribution in [1.82, 2.24) is 10.3 Å². The fourth-order valence-corrected chi connectivity index (χ4v) is 4.69.